The average molecular weight is 441 g/mol. The highest BCUT2D eigenvalue weighted by molar-refractivity contribution is 6.29. The fourth-order valence-corrected chi connectivity index (χ4v) is 4.50. The minimum atomic E-state index is -4.56. The molecule has 2 fully saturated rings. The molecule has 5 nitrogen and oxygen atoms in total. The van der Waals surface area contributed by atoms with Crippen molar-refractivity contribution in [1.29, 1.82) is 0 Å². The molecule has 2 aliphatic heterocycles. The van der Waals surface area contributed by atoms with Crippen LogP contribution in [0.5, 0.6) is 0 Å². The zero-order chi connectivity index (χ0) is 21.3. The molecule has 2 atom stereocenters. The Hall–Kier alpha value is -1.87. The van der Waals surface area contributed by atoms with E-state index in [1.165, 1.54) is 11.6 Å². The molecule has 0 saturated carbocycles. The van der Waals surface area contributed by atoms with E-state index in [4.69, 9.17) is 11.6 Å². The molecule has 9 heteroatoms. The summed E-state index contributed by atoms with van der Waals surface area (Å²) in [5.41, 5.74) is 0.615. The predicted octanol–water partition coefficient (Wildman–Crippen LogP) is 3.12. The van der Waals surface area contributed by atoms with Gasteiger partial charge in [-0.2, -0.15) is 13.2 Å². The van der Waals surface area contributed by atoms with Gasteiger partial charge in [-0.25, -0.2) is 4.98 Å². The summed E-state index contributed by atoms with van der Waals surface area (Å²) >= 11 is 5.82. The molecule has 2 aromatic rings. The van der Waals surface area contributed by atoms with Crippen LogP contribution < -0.4 is 4.90 Å². The number of anilines is 1. The number of halogens is 4. The van der Waals surface area contributed by atoms with Gasteiger partial charge in [0, 0.05) is 51.0 Å². The van der Waals surface area contributed by atoms with Gasteiger partial charge in [0.15, 0.2) is 0 Å². The zero-order valence-corrected chi connectivity index (χ0v) is 17.1. The number of hydrogen-bond donors (Lipinski definition) is 1. The zero-order valence-electron chi connectivity index (χ0n) is 16.4. The molecule has 1 aromatic heterocycles. The molecule has 2 unspecified atom stereocenters. The van der Waals surface area contributed by atoms with Gasteiger partial charge >= 0.3 is 6.18 Å². The maximum Gasteiger partial charge on any atom is 0.433 e. The molecule has 2 saturated heterocycles. The number of rotatable bonds is 5. The van der Waals surface area contributed by atoms with Crippen LogP contribution in [0, 0.1) is 0 Å². The quantitative estimate of drug-likeness (QED) is 0.724. The Morgan fingerprint density at radius 2 is 1.77 bits per heavy atom. The summed E-state index contributed by atoms with van der Waals surface area (Å²) in [5.74, 6) is 0. The topological polar surface area (TPSA) is 42.8 Å². The summed E-state index contributed by atoms with van der Waals surface area (Å²) in [6.45, 7) is 4.91. The van der Waals surface area contributed by atoms with Crippen molar-refractivity contribution < 1.29 is 18.3 Å². The first-order valence-electron chi connectivity index (χ1n) is 9.98. The number of alkyl halides is 3. The van der Waals surface area contributed by atoms with Gasteiger partial charge in [0.25, 0.3) is 0 Å². The van der Waals surface area contributed by atoms with E-state index in [-0.39, 0.29) is 23.8 Å². The van der Waals surface area contributed by atoms with Crippen LogP contribution in [0.15, 0.2) is 42.5 Å². The van der Waals surface area contributed by atoms with Crippen molar-refractivity contribution >= 4 is 17.3 Å². The normalized spacial score (nSPS) is 23.4. The highest BCUT2D eigenvalue weighted by Crippen LogP contribution is 2.36. The minimum absolute atomic E-state index is 0.107. The third-order valence-electron chi connectivity index (χ3n) is 5.94. The molecule has 2 aliphatic rings. The van der Waals surface area contributed by atoms with Gasteiger partial charge in [0.1, 0.15) is 10.8 Å². The van der Waals surface area contributed by atoms with E-state index in [1.807, 2.05) is 18.2 Å². The highest BCUT2D eigenvalue weighted by atomic mass is 35.5. The van der Waals surface area contributed by atoms with E-state index in [0.29, 0.717) is 12.2 Å². The fourth-order valence-electron chi connectivity index (χ4n) is 4.29. The smallest absolute Gasteiger partial charge is 0.394 e. The number of benzene rings is 1. The van der Waals surface area contributed by atoms with Gasteiger partial charge < -0.3 is 10.0 Å². The number of pyridine rings is 1. The van der Waals surface area contributed by atoms with Crippen molar-refractivity contribution in [2.45, 2.75) is 24.8 Å². The summed E-state index contributed by atoms with van der Waals surface area (Å²) < 4.78 is 39.2. The highest BCUT2D eigenvalue weighted by Gasteiger charge is 2.44. The molecular formula is C21H24ClF3N4O. The summed E-state index contributed by atoms with van der Waals surface area (Å²) in [5, 5.41) is 9.72. The van der Waals surface area contributed by atoms with E-state index in [2.05, 4.69) is 26.9 Å². The van der Waals surface area contributed by atoms with E-state index < -0.39 is 11.9 Å². The number of hydrogen-bond acceptors (Lipinski definition) is 5. The monoisotopic (exact) mass is 440 g/mol. The first-order chi connectivity index (χ1) is 14.3. The number of piperazine rings is 1. The number of aliphatic hydroxyl groups excluding tert-OH is 1. The molecule has 30 heavy (non-hydrogen) atoms. The van der Waals surface area contributed by atoms with Gasteiger partial charge in [0.2, 0.25) is 0 Å². The molecule has 3 heterocycles. The minimum Gasteiger partial charge on any atom is -0.394 e. The molecule has 0 spiro atoms. The molecule has 0 bridgehead atoms. The van der Waals surface area contributed by atoms with Crippen LogP contribution in [-0.2, 0) is 12.7 Å². The first kappa shape index (κ1) is 21.4. The molecule has 1 N–H and O–H groups in total. The number of aromatic nitrogens is 1. The lowest BCUT2D eigenvalue weighted by Crippen LogP contribution is -2.70. The van der Waals surface area contributed by atoms with Crippen molar-refractivity contribution in [3.63, 3.8) is 0 Å². The molecular weight excluding hydrogens is 417 g/mol. The van der Waals surface area contributed by atoms with Crippen molar-refractivity contribution in [1.82, 2.24) is 14.8 Å². The van der Waals surface area contributed by atoms with E-state index in [1.54, 1.807) is 4.90 Å². The molecule has 0 aliphatic carbocycles. The van der Waals surface area contributed by atoms with Crippen molar-refractivity contribution in [2.75, 3.05) is 44.2 Å². The van der Waals surface area contributed by atoms with Gasteiger partial charge in [-0.1, -0.05) is 41.9 Å². The van der Waals surface area contributed by atoms with Crippen molar-refractivity contribution in [3.05, 3.63) is 58.9 Å². The van der Waals surface area contributed by atoms with Crippen LogP contribution in [0.4, 0.5) is 18.9 Å². The second-order valence-corrected chi connectivity index (χ2v) is 8.19. The van der Waals surface area contributed by atoms with Crippen LogP contribution >= 0.6 is 11.6 Å². The number of nitrogens with zero attached hydrogens (tertiary/aromatic N) is 4. The van der Waals surface area contributed by atoms with Crippen LogP contribution in [0.3, 0.4) is 0 Å². The van der Waals surface area contributed by atoms with Gasteiger partial charge in [-0.05, 0) is 17.7 Å². The Kier molecular flexibility index (Phi) is 6.20. The largest absolute Gasteiger partial charge is 0.433 e. The second kappa shape index (κ2) is 8.70. The first-order valence-corrected chi connectivity index (χ1v) is 10.4. The standard InChI is InChI=1S/C21H24ClF3N4O/c22-20-11-16(10-19(26-20)21(23,24)25)29-13-17(18(29)14-30)28-8-6-27(7-9-28)12-15-4-2-1-3-5-15/h1-5,10-11,17-18,30H,6-9,12-14H2. The Morgan fingerprint density at radius 1 is 1.07 bits per heavy atom. The van der Waals surface area contributed by atoms with E-state index in [0.717, 1.165) is 38.8 Å². The van der Waals surface area contributed by atoms with Gasteiger partial charge in [0.05, 0.1) is 12.6 Å². The van der Waals surface area contributed by atoms with Crippen molar-refractivity contribution in [3.8, 4) is 0 Å². The maximum atomic E-state index is 13.1. The Labute approximate surface area is 178 Å². The van der Waals surface area contributed by atoms with Gasteiger partial charge in [-0.3, -0.25) is 9.80 Å². The fraction of sp³-hybridized carbons (Fsp3) is 0.476. The van der Waals surface area contributed by atoms with E-state index in [9.17, 15) is 18.3 Å². The average Bonchev–Trinajstić information content (AvgIpc) is 2.69. The lowest BCUT2D eigenvalue weighted by Gasteiger charge is -2.54. The Bertz CT molecular complexity index is 859. The molecule has 0 amide bonds. The third kappa shape index (κ3) is 4.56. The summed E-state index contributed by atoms with van der Waals surface area (Å²) in [6.07, 6.45) is -4.56. The molecule has 162 valence electrons. The molecule has 4 rings (SSSR count). The SMILES string of the molecule is OCC1C(N2CCN(Cc3ccccc3)CC2)CN1c1cc(Cl)nc(C(F)(F)F)c1. The second-order valence-electron chi connectivity index (χ2n) is 7.80. The van der Waals surface area contributed by atoms with Gasteiger partial charge in [-0.15, -0.1) is 0 Å². The molecule has 1 aromatic carbocycles. The summed E-state index contributed by atoms with van der Waals surface area (Å²) in [4.78, 5) is 9.89. The van der Waals surface area contributed by atoms with E-state index >= 15 is 0 Å². The maximum absolute atomic E-state index is 13.1. The van der Waals surface area contributed by atoms with Crippen LogP contribution in [0.1, 0.15) is 11.3 Å². The summed E-state index contributed by atoms with van der Waals surface area (Å²) in [6, 6.07) is 12.6. The lowest BCUT2D eigenvalue weighted by atomic mass is 9.93. The Morgan fingerprint density at radius 3 is 2.40 bits per heavy atom. The van der Waals surface area contributed by atoms with Crippen LogP contribution in [-0.4, -0.2) is 71.3 Å². The predicted molar refractivity (Wildman–Crippen MR) is 110 cm³/mol. The van der Waals surface area contributed by atoms with Crippen LogP contribution in [0.25, 0.3) is 0 Å². The lowest BCUT2D eigenvalue weighted by molar-refractivity contribution is -0.141. The molecule has 0 radical (unpaired) electrons. The van der Waals surface area contributed by atoms with Crippen molar-refractivity contribution in [2.24, 2.45) is 0 Å². The third-order valence-corrected chi connectivity index (χ3v) is 6.13. The van der Waals surface area contributed by atoms with Crippen LogP contribution in [0.2, 0.25) is 5.15 Å². The Balaban J connectivity index is 1.37. The number of aliphatic hydroxyl groups is 1. The summed E-state index contributed by atoms with van der Waals surface area (Å²) in [7, 11) is 0.